The van der Waals surface area contributed by atoms with Crippen molar-refractivity contribution in [2.45, 2.75) is 13.3 Å². The van der Waals surface area contributed by atoms with Crippen molar-refractivity contribution >= 4 is 12.1 Å². The van der Waals surface area contributed by atoms with Crippen LogP contribution in [-0.4, -0.2) is 17.2 Å². The van der Waals surface area contributed by atoms with E-state index < -0.39 is 23.5 Å². The first kappa shape index (κ1) is 11.3. The van der Waals surface area contributed by atoms with Gasteiger partial charge in [0.05, 0.1) is 5.56 Å². The van der Waals surface area contributed by atoms with Crippen LogP contribution in [0.15, 0.2) is 12.1 Å². The number of rotatable bonds is 3. The first-order valence-corrected chi connectivity index (χ1v) is 4.08. The Morgan fingerprint density at radius 3 is 2.47 bits per heavy atom. The Hall–Kier alpha value is -1.78. The van der Waals surface area contributed by atoms with E-state index in [9.17, 15) is 23.5 Å². The summed E-state index contributed by atoms with van der Waals surface area (Å²) in [6.07, 6.45) is -2.56. The molecule has 0 bridgehead atoms. The average Bonchev–Trinajstić information content (AvgIpc) is 2.16. The maximum Gasteiger partial charge on any atom is 0.264 e. The van der Waals surface area contributed by atoms with Crippen LogP contribution in [0.5, 0.6) is 5.75 Å². The van der Waals surface area contributed by atoms with Gasteiger partial charge in [-0.2, -0.15) is 0 Å². The third kappa shape index (κ3) is 2.18. The summed E-state index contributed by atoms with van der Waals surface area (Å²) in [5, 5.41) is 9.17. The van der Waals surface area contributed by atoms with Crippen LogP contribution in [0.2, 0.25) is 0 Å². The van der Waals surface area contributed by atoms with Gasteiger partial charge in [0.15, 0.2) is 12.1 Å². The molecular formula is C10H8F2O3. The van der Waals surface area contributed by atoms with Crippen molar-refractivity contribution in [1.82, 2.24) is 0 Å². The third-order valence-electron chi connectivity index (χ3n) is 1.94. The van der Waals surface area contributed by atoms with Crippen LogP contribution < -0.4 is 0 Å². The molecule has 80 valence electrons. The maximum absolute atomic E-state index is 12.5. The number of ketones is 1. The Labute approximate surface area is 84.3 Å². The number of alkyl halides is 2. The Bertz CT molecular complexity index is 413. The summed E-state index contributed by atoms with van der Waals surface area (Å²) in [7, 11) is 0. The first-order chi connectivity index (χ1) is 6.97. The van der Waals surface area contributed by atoms with Crippen molar-refractivity contribution in [3.8, 4) is 5.75 Å². The van der Waals surface area contributed by atoms with Crippen molar-refractivity contribution in [3.63, 3.8) is 0 Å². The van der Waals surface area contributed by atoms with Gasteiger partial charge < -0.3 is 5.11 Å². The maximum atomic E-state index is 12.5. The van der Waals surface area contributed by atoms with Crippen LogP contribution in [0, 0.1) is 0 Å². The SMILES string of the molecule is CC(=O)c1cc(C=O)c(O)cc1C(F)F. The zero-order valence-electron chi connectivity index (χ0n) is 7.83. The van der Waals surface area contributed by atoms with Gasteiger partial charge in [0.2, 0.25) is 0 Å². The number of phenolic OH excluding ortho intramolecular Hbond substituents is 1. The van der Waals surface area contributed by atoms with E-state index in [0.717, 1.165) is 19.1 Å². The van der Waals surface area contributed by atoms with Gasteiger partial charge in [0.1, 0.15) is 5.75 Å². The fourth-order valence-electron chi connectivity index (χ4n) is 1.20. The van der Waals surface area contributed by atoms with Gasteiger partial charge >= 0.3 is 0 Å². The van der Waals surface area contributed by atoms with Gasteiger partial charge in [0, 0.05) is 11.1 Å². The minimum Gasteiger partial charge on any atom is -0.507 e. The molecule has 1 rings (SSSR count). The molecule has 1 N–H and O–H groups in total. The fourth-order valence-corrected chi connectivity index (χ4v) is 1.20. The minimum absolute atomic E-state index is 0.176. The monoisotopic (exact) mass is 214 g/mol. The molecule has 0 aliphatic carbocycles. The smallest absolute Gasteiger partial charge is 0.264 e. The highest BCUT2D eigenvalue weighted by Crippen LogP contribution is 2.29. The van der Waals surface area contributed by atoms with Crippen molar-refractivity contribution in [2.24, 2.45) is 0 Å². The van der Waals surface area contributed by atoms with Gasteiger partial charge in [-0.15, -0.1) is 0 Å². The highest BCUT2D eigenvalue weighted by molar-refractivity contribution is 5.98. The number of benzene rings is 1. The van der Waals surface area contributed by atoms with Crippen molar-refractivity contribution in [3.05, 3.63) is 28.8 Å². The molecule has 0 spiro atoms. The number of phenols is 1. The number of hydrogen-bond acceptors (Lipinski definition) is 3. The lowest BCUT2D eigenvalue weighted by atomic mass is 10.0. The molecule has 0 aliphatic rings. The number of Topliss-reactive ketones (excluding diaryl/α,β-unsaturated/α-hetero) is 1. The number of hydrogen-bond donors (Lipinski definition) is 1. The lowest BCUT2D eigenvalue weighted by molar-refractivity contribution is 0.0999. The van der Waals surface area contributed by atoms with Gasteiger partial charge in [-0.3, -0.25) is 9.59 Å². The highest BCUT2D eigenvalue weighted by atomic mass is 19.3. The number of aromatic hydroxyl groups is 1. The van der Waals surface area contributed by atoms with Crippen LogP contribution in [0.3, 0.4) is 0 Å². The second kappa shape index (κ2) is 4.16. The van der Waals surface area contributed by atoms with E-state index in [1.165, 1.54) is 0 Å². The molecule has 0 unspecified atom stereocenters. The van der Waals surface area contributed by atoms with Crippen molar-refractivity contribution in [2.75, 3.05) is 0 Å². The standard InChI is InChI=1S/C10H8F2O3/c1-5(14)7-2-6(4-13)9(15)3-8(7)10(11)12/h2-4,10,15H,1H3. The van der Waals surface area contributed by atoms with Gasteiger partial charge in [0.25, 0.3) is 6.43 Å². The molecular weight excluding hydrogens is 206 g/mol. The van der Waals surface area contributed by atoms with Gasteiger partial charge in [-0.25, -0.2) is 8.78 Å². The number of carbonyl (C=O) groups is 2. The summed E-state index contributed by atoms with van der Waals surface area (Å²) in [5.74, 6) is -1.13. The zero-order chi connectivity index (χ0) is 11.6. The third-order valence-corrected chi connectivity index (χ3v) is 1.94. The van der Waals surface area contributed by atoms with E-state index in [-0.39, 0.29) is 11.1 Å². The normalized spacial score (nSPS) is 10.4. The molecule has 0 atom stereocenters. The topological polar surface area (TPSA) is 54.4 Å². The Morgan fingerprint density at radius 1 is 1.47 bits per heavy atom. The Balaban J connectivity index is 3.45. The van der Waals surface area contributed by atoms with E-state index >= 15 is 0 Å². The molecule has 1 aromatic rings. The summed E-state index contributed by atoms with van der Waals surface area (Å²) in [5.41, 5.74) is -0.986. The summed E-state index contributed by atoms with van der Waals surface area (Å²) < 4.78 is 24.9. The van der Waals surface area contributed by atoms with Crippen molar-refractivity contribution in [1.29, 1.82) is 0 Å². The van der Waals surface area contributed by atoms with Crippen molar-refractivity contribution < 1.29 is 23.5 Å². The lowest BCUT2D eigenvalue weighted by Crippen LogP contribution is -2.02. The van der Waals surface area contributed by atoms with Crippen LogP contribution >= 0.6 is 0 Å². The number of aldehydes is 1. The molecule has 1 aromatic carbocycles. The molecule has 0 heterocycles. The highest BCUT2D eigenvalue weighted by Gasteiger charge is 2.18. The molecule has 0 fully saturated rings. The quantitative estimate of drug-likeness (QED) is 0.620. The number of halogens is 2. The molecule has 0 aromatic heterocycles. The van der Waals surface area contributed by atoms with Crippen LogP contribution in [0.25, 0.3) is 0 Å². The Kier molecular flexibility index (Phi) is 3.14. The predicted octanol–water partition coefficient (Wildman–Crippen LogP) is 2.34. The predicted molar refractivity (Wildman–Crippen MR) is 48.5 cm³/mol. The number of carbonyl (C=O) groups excluding carboxylic acids is 2. The average molecular weight is 214 g/mol. The van der Waals surface area contributed by atoms with Crippen LogP contribution in [0.4, 0.5) is 8.78 Å². The van der Waals surface area contributed by atoms with Crippen LogP contribution in [-0.2, 0) is 0 Å². The molecule has 0 amide bonds. The molecule has 0 saturated heterocycles. The molecule has 3 nitrogen and oxygen atoms in total. The van der Waals surface area contributed by atoms with Crippen LogP contribution in [0.1, 0.15) is 39.6 Å². The van der Waals surface area contributed by atoms with Gasteiger partial charge in [-0.1, -0.05) is 0 Å². The first-order valence-electron chi connectivity index (χ1n) is 4.08. The molecule has 0 radical (unpaired) electrons. The molecule has 0 aliphatic heterocycles. The zero-order valence-corrected chi connectivity index (χ0v) is 7.83. The fraction of sp³-hybridized carbons (Fsp3) is 0.200. The summed E-state index contributed by atoms with van der Waals surface area (Å²) >= 11 is 0. The van der Waals surface area contributed by atoms with E-state index in [0.29, 0.717) is 6.29 Å². The summed E-state index contributed by atoms with van der Waals surface area (Å²) in [6, 6.07) is 1.71. The van der Waals surface area contributed by atoms with E-state index in [2.05, 4.69) is 0 Å². The minimum atomic E-state index is -2.87. The van der Waals surface area contributed by atoms with Gasteiger partial charge in [-0.05, 0) is 19.1 Å². The second-order valence-electron chi connectivity index (χ2n) is 2.97. The molecule has 0 saturated carbocycles. The van der Waals surface area contributed by atoms with E-state index in [4.69, 9.17) is 0 Å². The largest absolute Gasteiger partial charge is 0.507 e. The summed E-state index contributed by atoms with van der Waals surface area (Å²) in [6.45, 7) is 1.12. The molecule has 15 heavy (non-hydrogen) atoms. The summed E-state index contributed by atoms with van der Waals surface area (Å²) in [4.78, 5) is 21.4. The lowest BCUT2D eigenvalue weighted by Gasteiger charge is -2.08. The molecule has 5 heteroatoms. The Morgan fingerprint density at radius 2 is 2.07 bits per heavy atom. The van der Waals surface area contributed by atoms with E-state index in [1.807, 2.05) is 0 Å². The second-order valence-corrected chi connectivity index (χ2v) is 2.97. The van der Waals surface area contributed by atoms with E-state index in [1.54, 1.807) is 0 Å².